The van der Waals surface area contributed by atoms with Gasteiger partial charge in [0.2, 0.25) is 5.91 Å². The Bertz CT molecular complexity index is 1240. The number of fused-ring (bicyclic) bond motifs is 2. The highest BCUT2D eigenvalue weighted by atomic mass is 16.2. The zero-order valence-electron chi connectivity index (χ0n) is 19.5. The quantitative estimate of drug-likeness (QED) is 0.561. The molecule has 33 heavy (non-hydrogen) atoms. The number of likely N-dealkylation sites (N-methyl/N-ethyl adjacent to an activating group) is 1. The van der Waals surface area contributed by atoms with E-state index in [1.807, 2.05) is 63.2 Å². The van der Waals surface area contributed by atoms with Crippen molar-refractivity contribution < 1.29 is 9.59 Å². The summed E-state index contributed by atoms with van der Waals surface area (Å²) >= 11 is 0. The number of amides is 2. The first-order valence-corrected chi connectivity index (χ1v) is 11.2. The van der Waals surface area contributed by atoms with Gasteiger partial charge in [-0.1, -0.05) is 44.2 Å². The fraction of sp³-hybridized carbons (Fsp3) is 0.417. The minimum atomic E-state index is -0.314. The van der Waals surface area contributed by atoms with Gasteiger partial charge in [-0.3, -0.25) is 14.4 Å². The molecule has 4 rings (SSSR count). The summed E-state index contributed by atoms with van der Waals surface area (Å²) in [5.74, 6) is -0.182. The van der Waals surface area contributed by atoms with Gasteiger partial charge in [0.05, 0.1) is 17.8 Å². The van der Waals surface area contributed by atoms with Crippen molar-refractivity contribution in [3.05, 3.63) is 58.0 Å². The van der Waals surface area contributed by atoms with E-state index in [-0.39, 0.29) is 42.1 Å². The van der Waals surface area contributed by atoms with Crippen molar-refractivity contribution in [1.29, 1.82) is 0 Å². The van der Waals surface area contributed by atoms with E-state index in [1.54, 1.807) is 15.5 Å². The van der Waals surface area contributed by atoms with Crippen LogP contribution in [0.5, 0.6) is 0 Å². The van der Waals surface area contributed by atoms with Crippen molar-refractivity contribution in [2.75, 3.05) is 33.7 Å². The molecule has 0 saturated carbocycles. The van der Waals surface area contributed by atoms with Gasteiger partial charge >= 0.3 is 0 Å². The molecule has 3 aromatic rings. The number of nitrogens with one attached hydrogen (secondary N) is 1. The van der Waals surface area contributed by atoms with Gasteiger partial charge in [0.25, 0.3) is 11.5 Å². The number of benzene rings is 1. The maximum absolute atomic E-state index is 13.3. The van der Waals surface area contributed by atoms with Crippen molar-refractivity contribution in [2.24, 2.45) is 5.92 Å². The second-order valence-corrected chi connectivity index (χ2v) is 9.12. The molecule has 1 aliphatic heterocycles. The van der Waals surface area contributed by atoms with Gasteiger partial charge in [0.1, 0.15) is 17.9 Å². The predicted octanol–water partition coefficient (Wildman–Crippen LogP) is 1.45. The van der Waals surface area contributed by atoms with Crippen LogP contribution in [0.2, 0.25) is 0 Å². The summed E-state index contributed by atoms with van der Waals surface area (Å²) in [6.45, 7) is 5.95. The van der Waals surface area contributed by atoms with Gasteiger partial charge in [0.15, 0.2) is 0 Å². The summed E-state index contributed by atoms with van der Waals surface area (Å²) in [4.78, 5) is 43.1. The minimum Gasteiger partial charge on any atom is -0.353 e. The summed E-state index contributed by atoms with van der Waals surface area (Å²) in [6, 6.07) is 11.3. The lowest BCUT2D eigenvalue weighted by Gasteiger charge is -2.18. The fourth-order valence-corrected chi connectivity index (χ4v) is 4.14. The van der Waals surface area contributed by atoms with Crippen LogP contribution in [0, 0.1) is 5.92 Å². The summed E-state index contributed by atoms with van der Waals surface area (Å²) in [7, 11) is 3.87. The molecule has 1 aromatic carbocycles. The molecule has 2 aromatic heterocycles. The van der Waals surface area contributed by atoms with E-state index < -0.39 is 0 Å². The van der Waals surface area contributed by atoms with Gasteiger partial charge < -0.3 is 19.7 Å². The summed E-state index contributed by atoms with van der Waals surface area (Å²) in [5.41, 5.74) is 2.26. The normalized spacial score (nSPS) is 13.4. The Morgan fingerprint density at radius 2 is 1.91 bits per heavy atom. The van der Waals surface area contributed by atoms with E-state index in [0.29, 0.717) is 36.5 Å². The Kier molecular flexibility index (Phi) is 6.33. The SMILES string of the molecule is CC(C)CN1Cc2c(n(CC(=O)NCCN(C)C)c3cc(-c4ccccc4)nn3c2=O)C1=O. The van der Waals surface area contributed by atoms with Crippen molar-refractivity contribution in [3.63, 3.8) is 0 Å². The van der Waals surface area contributed by atoms with Gasteiger partial charge in [-0.2, -0.15) is 9.61 Å². The number of hydrogen-bond acceptors (Lipinski definition) is 5. The number of aromatic nitrogens is 3. The van der Waals surface area contributed by atoms with E-state index in [2.05, 4.69) is 10.4 Å². The molecule has 0 unspecified atom stereocenters. The monoisotopic (exact) mass is 450 g/mol. The van der Waals surface area contributed by atoms with Crippen LogP contribution >= 0.6 is 0 Å². The maximum Gasteiger partial charge on any atom is 0.280 e. The van der Waals surface area contributed by atoms with Crippen LogP contribution in [0.3, 0.4) is 0 Å². The second-order valence-electron chi connectivity index (χ2n) is 9.12. The topological polar surface area (TPSA) is 91.9 Å². The number of carbonyl (C=O) groups is 2. The summed E-state index contributed by atoms with van der Waals surface area (Å²) < 4.78 is 2.96. The molecule has 0 spiro atoms. The van der Waals surface area contributed by atoms with E-state index in [1.165, 1.54) is 4.52 Å². The maximum atomic E-state index is 13.3. The molecule has 174 valence electrons. The molecule has 9 nitrogen and oxygen atoms in total. The molecule has 0 saturated heterocycles. The highest BCUT2D eigenvalue weighted by Crippen LogP contribution is 2.25. The molecular formula is C24H30N6O3. The van der Waals surface area contributed by atoms with Crippen LogP contribution < -0.4 is 10.9 Å². The first-order chi connectivity index (χ1) is 15.8. The third-order valence-electron chi connectivity index (χ3n) is 5.65. The van der Waals surface area contributed by atoms with Crippen molar-refractivity contribution >= 4 is 17.5 Å². The van der Waals surface area contributed by atoms with Crippen LogP contribution in [0.1, 0.15) is 29.9 Å². The lowest BCUT2D eigenvalue weighted by atomic mass is 10.1. The smallest absolute Gasteiger partial charge is 0.280 e. The number of nitrogens with zero attached hydrogens (tertiary/aromatic N) is 5. The average Bonchev–Trinajstić information content (AvgIpc) is 3.34. The zero-order valence-corrected chi connectivity index (χ0v) is 19.5. The molecule has 9 heteroatoms. The van der Waals surface area contributed by atoms with Crippen LogP contribution in [0.15, 0.2) is 41.2 Å². The van der Waals surface area contributed by atoms with Crippen molar-refractivity contribution in [3.8, 4) is 11.3 Å². The Morgan fingerprint density at radius 3 is 2.58 bits per heavy atom. The largest absolute Gasteiger partial charge is 0.353 e. The van der Waals surface area contributed by atoms with E-state index in [4.69, 9.17) is 0 Å². The Hall–Kier alpha value is -3.46. The average molecular weight is 451 g/mol. The van der Waals surface area contributed by atoms with Crippen LogP contribution in [0.25, 0.3) is 16.9 Å². The molecule has 1 aliphatic rings. The van der Waals surface area contributed by atoms with Crippen molar-refractivity contribution in [1.82, 2.24) is 29.3 Å². The molecule has 0 bridgehead atoms. The fourth-order valence-electron chi connectivity index (χ4n) is 4.14. The van der Waals surface area contributed by atoms with Crippen LogP contribution in [-0.4, -0.2) is 69.5 Å². The third kappa shape index (κ3) is 4.54. The van der Waals surface area contributed by atoms with Gasteiger partial charge in [-0.15, -0.1) is 0 Å². The Morgan fingerprint density at radius 1 is 1.18 bits per heavy atom. The van der Waals surface area contributed by atoms with E-state index >= 15 is 0 Å². The summed E-state index contributed by atoms with van der Waals surface area (Å²) in [5, 5.41) is 7.44. The Labute approximate surface area is 192 Å². The van der Waals surface area contributed by atoms with E-state index in [9.17, 15) is 14.4 Å². The minimum absolute atomic E-state index is 0.0687. The lowest BCUT2D eigenvalue weighted by Crippen LogP contribution is -2.36. The van der Waals surface area contributed by atoms with Gasteiger partial charge in [0, 0.05) is 31.3 Å². The summed E-state index contributed by atoms with van der Waals surface area (Å²) in [6.07, 6.45) is 0. The highest BCUT2D eigenvalue weighted by molar-refractivity contribution is 5.98. The highest BCUT2D eigenvalue weighted by Gasteiger charge is 2.35. The second kappa shape index (κ2) is 9.19. The molecule has 0 radical (unpaired) electrons. The number of rotatable bonds is 8. The first kappa shape index (κ1) is 22.7. The zero-order chi connectivity index (χ0) is 23.7. The number of carbonyl (C=O) groups excluding carboxylic acids is 2. The molecule has 0 aliphatic carbocycles. The van der Waals surface area contributed by atoms with Gasteiger partial charge in [-0.25, -0.2) is 0 Å². The van der Waals surface area contributed by atoms with Gasteiger partial charge in [-0.05, 0) is 20.0 Å². The van der Waals surface area contributed by atoms with Crippen LogP contribution in [0.4, 0.5) is 0 Å². The number of hydrogen-bond donors (Lipinski definition) is 1. The molecule has 2 amide bonds. The standard InChI is InChI=1S/C24H30N6O3/c1-16(2)13-28-14-18-22(24(28)33)29(15-20(31)25-10-11-27(3)4)21-12-19(26-30(21)23(18)32)17-8-6-5-7-9-17/h5-9,12,16H,10-11,13-15H2,1-4H3,(H,25,31). The third-order valence-corrected chi connectivity index (χ3v) is 5.65. The molecular weight excluding hydrogens is 420 g/mol. The predicted molar refractivity (Wildman–Crippen MR) is 126 cm³/mol. The van der Waals surface area contributed by atoms with Crippen molar-refractivity contribution in [2.45, 2.75) is 26.9 Å². The Balaban J connectivity index is 1.80. The molecule has 3 heterocycles. The molecule has 0 fully saturated rings. The molecule has 0 atom stereocenters. The lowest BCUT2D eigenvalue weighted by molar-refractivity contribution is -0.121. The van der Waals surface area contributed by atoms with E-state index in [0.717, 1.165) is 5.56 Å². The first-order valence-electron chi connectivity index (χ1n) is 11.2. The van der Waals surface area contributed by atoms with Crippen LogP contribution in [-0.2, 0) is 17.9 Å². The molecule has 1 N–H and O–H groups in total.